The number of carbonyl (C=O) groups is 1. The molecule has 2 rings (SSSR count). The Kier molecular flexibility index (Phi) is 2.91. The van der Waals surface area contributed by atoms with Crippen LogP contribution in [0.3, 0.4) is 0 Å². The minimum atomic E-state index is -1.11. The number of aryl methyl sites for hydroxylation is 1. The van der Waals surface area contributed by atoms with Gasteiger partial charge in [0.1, 0.15) is 0 Å². The molecule has 81 valence electrons. The van der Waals surface area contributed by atoms with E-state index in [1.807, 2.05) is 24.3 Å². The number of carbonyl (C=O) groups excluding carboxylic acids is 1. The second-order valence-electron chi connectivity index (χ2n) is 3.89. The number of hydrogen-bond donors (Lipinski definition) is 0. The van der Waals surface area contributed by atoms with Crippen molar-refractivity contribution in [1.29, 1.82) is 0 Å². The van der Waals surface area contributed by atoms with E-state index >= 15 is 0 Å². The first-order valence-corrected chi connectivity index (χ1v) is 5.45. The number of benzene rings is 2. The van der Waals surface area contributed by atoms with Crippen LogP contribution in [0.5, 0.6) is 0 Å². The van der Waals surface area contributed by atoms with Gasteiger partial charge in [0.2, 0.25) is 0 Å². The van der Waals surface area contributed by atoms with Gasteiger partial charge in [-0.25, -0.2) is 9.90 Å². The lowest BCUT2D eigenvalue weighted by Crippen LogP contribution is -1.97. The maximum Gasteiger partial charge on any atom is 0.386 e. The highest BCUT2D eigenvalue weighted by atomic mass is 16.4. The lowest BCUT2D eigenvalue weighted by atomic mass is 9.98. The van der Waals surface area contributed by atoms with E-state index in [-0.39, 0.29) is 5.56 Å². The highest BCUT2D eigenvalue weighted by molar-refractivity contribution is 5.95. The molecule has 0 unspecified atom stereocenters. The maximum absolute atomic E-state index is 10.9. The van der Waals surface area contributed by atoms with Crippen LogP contribution in [0.1, 0.15) is 29.3 Å². The molecule has 0 saturated heterocycles. The lowest BCUT2D eigenvalue weighted by Gasteiger charge is -2.06. The fourth-order valence-electron chi connectivity index (χ4n) is 1.98. The quantitative estimate of drug-likeness (QED) is 0.770. The fourth-order valence-corrected chi connectivity index (χ4v) is 1.98. The molecule has 0 bridgehead atoms. The summed E-state index contributed by atoms with van der Waals surface area (Å²) in [7, 11) is 0. The molecule has 2 aromatic rings. The highest BCUT2D eigenvalue weighted by Crippen LogP contribution is 2.22. The molecular weight excluding hydrogens is 200 g/mol. The summed E-state index contributed by atoms with van der Waals surface area (Å²) >= 11 is 0. The van der Waals surface area contributed by atoms with Gasteiger partial charge in [-0.05, 0) is 34.9 Å². The van der Waals surface area contributed by atoms with Crippen molar-refractivity contribution >= 4 is 16.7 Å². The first kappa shape index (κ1) is 10.7. The Morgan fingerprint density at radius 1 is 1.19 bits per heavy atom. The van der Waals surface area contributed by atoms with E-state index in [1.54, 1.807) is 12.1 Å². The van der Waals surface area contributed by atoms with Crippen molar-refractivity contribution in [2.24, 2.45) is 0 Å². The van der Waals surface area contributed by atoms with E-state index in [1.165, 1.54) is 0 Å². The van der Waals surface area contributed by atoms with E-state index in [9.17, 15) is 9.90 Å². The molecule has 0 spiro atoms. The van der Waals surface area contributed by atoms with Gasteiger partial charge >= 0.3 is 5.97 Å². The molecule has 0 aliphatic carbocycles. The first-order chi connectivity index (χ1) is 7.72. The minimum absolute atomic E-state index is 0.266. The summed E-state index contributed by atoms with van der Waals surface area (Å²) < 4.78 is 0. The third-order valence-corrected chi connectivity index (χ3v) is 2.70. The van der Waals surface area contributed by atoms with E-state index < -0.39 is 5.97 Å². The van der Waals surface area contributed by atoms with Gasteiger partial charge in [-0.15, -0.1) is 0 Å². The van der Waals surface area contributed by atoms with E-state index in [2.05, 4.69) is 6.92 Å². The molecule has 0 aliphatic rings. The van der Waals surface area contributed by atoms with Crippen molar-refractivity contribution in [3.63, 3.8) is 0 Å². The molecular formula is C14H13O2. The Balaban J connectivity index is 2.68. The average molecular weight is 213 g/mol. The summed E-state index contributed by atoms with van der Waals surface area (Å²) in [4.78, 5) is 10.9. The Morgan fingerprint density at radius 3 is 2.62 bits per heavy atom. The minimum Gasteiger partial charge on any atom is -0.242 e. The van der Waals surface area contributed by atoms with Crippen molar-refractivity contribution in [1.82, 2.24) is 0 Å². The van der Waals surface area contributed by atoms with Gasteiger partial charge in [-0.2, -0.15) is 0 Å². The SMILES string of the molecule is CCCc1cc(C([O])=O)cc2ccccc12. The summed E-state index contributed by atoms with van der Waals surface area (Å²) in [6.45, 7) is 2.08. The molecule has 0 atom stereocenters. The molecule has 0 aliphatic heterocycles. The first-order valence-electron chi connectivity index (χ1n) is 5.45. The number of hydrogen-bond acceptors (Lipinski definition) is 1. The zero-order chi connectivity index (χ0) is 11.5. The van der Waals surface area contributed by atoms with E-state index in [4.69, 9.17) is 0 Å². The smallest absolute Gasteiger partial charge is 0.242 e. The normalized spacial score (nSPS) is 10.6. The average Bonchev–Trinajstić information content (AvgIpc) is 2.29. The standard InChI is InChI=1S/C14H13O2/c1-2-5-10-8-12(14(15)16)9-11-6-3-4-7-13(10)11/h3-4,6-9H,2,5H2,1H3. The van der Waals surface area contributed by atoms with Crippen LogP contribution in [-0.2, 0) is 11.5 Å². The molecule has 2 heteroatoms. The molecule has 2 nitrogen and oxygen atoms in total. The molecule has 2 aromatic carbocycles. The van der Waals surface area contributed by atoms with Gasteiger partial charge in [-0.3, -0.25) is 0 Å². The molecule has 0 amide bonds. The third-order valence-electron chi connectivity index (χ3n) is 2.70. The van der Waals surface area contributed by atoms with Crippen LogP contribution in [0.2, 0.25) is 0 Å². The molecule has 16 heavy (non-hydrogen) atoms. The topological polar surface area (TPSA) is 37.0 Å². The monoisotopic (exact) mass is 213 g/mol. The summed E-state index contributed by atoms with van der Waals surface area (Å²) in [6.07, 6.45) is 1.89. The van der Waals surface area contributed by atoms with Crippen LogP contribution in [0.4, 0.5) is 0 Å². The van der Waals surface area contributed by atoms with E-state index in [0.29, 0.717) is 0 Å². The predicted molar refractivity (Wildman–Crippen MR) is 63.0 cm³/mol. The van der Waals surface area contributed by atoms with Crippen LogP contribution < -0.4 is 0 Å². The number of rotatable bonds is 3. The molecule has 0 saturated carbocycles. The van der Waals surface area contributed by atoms with Crippen molar-refractivity contribution in [2.75, 3.05) is 0 Å². The molecule has 0 fully saturated rings. The Labute approximate surface area is 94.5 Å². The predicted octanol–water partition coefficient (Wildman–Crippen LogP) is 3.36. The van der Waals surface area contributed by atoms with Crippen LogP contribution in [0.15, 0.2) is 36.4 Å². The maximum atomic E-state index is 10.9. The highest BCUT2D eigenvalue weighted by Gasteiger charge is 2.09. The van der Waals surface area contributed by atoms with Gasteiger partial charge in [0.25, 0.3) is 0 Å². The van der Waals surface area contributed by atoms with Crippen molar-refractivity contribution < 1.29 is 9.90 Å². The third kappa shape index (κ3) is 1.91. The van der Waals surface area contributed by atoms with E-state index in [0.717, 1.165) is 29.2 Å². The Bertz CT molecular complexity index is 529. The zero-order valence-corrected chi connectivity index (χ0v) is 9.19. The van der Waals surface area contributed by atoms with Crippen LogP contribution in [0.25, 0.3) is 10.8 Å². The van der Waals surface area contributed by atoms with Crippen molar-refractivity contribution in [3.05, 3.63) is 47.5 Å². The van der Waals surface area contributed by atoms with Gasteiger partial charge < -0.3 is 0 Å². The summed E-state index contributed by atoms with van der Waals surface area (Å²) in [5.74, 6) is -1.11. The van der Waals surface area contributed by atoms with Crippen LogP contribution >= 0.6 is 0 Å². The molecule has 0 aromatic heterocycles. The molecule has 0 heterocycles. The van der Waals surface area contributed by atoms with Gasteiger partial charge in [-0.1, -0.05) is 37.6 Å². The van der Waals surface area contributed by atoms with Crippen molar-refractivity contribution in [2.45, 2.75) is 19.8 Å². The fraction of sp³-hybridized carbons (Fsp3) is 0.214. The van der Waals surface area contributed by atoms with Gasteiger partial charge in [0.05, 0.1) is 5.56 Å². The Morgan fingerprint density at radius 2 is 1.94 bits per heavy atom. The second kappa shape index (κ2) is 4.35. The largest absolute Gasteiger partial charge is 0.386 e. The van der Waals surface area contributed by atoms with Gasteiger partial charge in [0, 0.05) is 0 Å². The van der Waals surface area contributed by atoms with Gasteiger partial charge in [0.15, 0.2) is 0 Å². The second-order valence-corrected chi connectivity index (χ2v) is 3.89. The van der Waals surface area contributed by atoms with Crippen LogP contribution in [-0.4, -0.2) is 5.97 Å². The lowest BCUT2D eigenvalue weighted by molar-refractivity contribution is 0.0573. The molecule has 1 radical (unpaired) electrons. The Hall–Kier alpha value is -1.83. The zero-order valence-electron chi connectivity index (χ0n) is 9.19. The summed E-state index contributed by atoms with van der Waals surface area (Å²) in [5.41, 5.74) is 1.35. The number of fused-ring (bicyclic) bond motifs is 1. The summed E-state index contributed by atoms with van der Waals surface area (Å²) in [6, 6.07) is 11.2. The summed E-state index contributed by atoms with van der Waals surface area (Å²) in [5, 5.41) is 13.0. The van der Waals surface area contributed by atoms with Crippen molar-refractivity contribution in [3.8, 4) is 0 Å². The molecule has 0 N–H and O–H groups in total. The van der Waals surface area contributed by atoms with Crippen LogP contribution in [0, 0.1) is 0 Å².